The van der Waals surface area contributed by atoms with E-state index >= 15 is 0 Å². The number of ether oxygens (including phenoxy) is 1. The molecule has 2 amide bonds. The third kappa shape index (κ3) is 5.29. The molecule has 31 heavy (non-hydrogen) atoms. The molecule has 3 aliphatic rings. The van der Waals surface area contributed by atoms with E-state index in [2.05, 4.69) is 15.1 Å². The number of nitrogens with one attached hydrogen (secondary N) is 1. The summed E-state index contributed by atoms with van der Waals surface area (Å²) in [4.78, 5) is 32.6. The Labute approximate surface area is 185 Å². The van der Waals surface area contributed by atoms with Gasteiger partial charge in [0, 0.05) is 45.7 Å². The quantitative estimate of drug-likeness (QED) is 0.749. The summed E-state index contributed by atoms with van der Waals surface area (Å²) < 4.78 is 5.40. The molecule has 8 heteroatoms. The van der Waals surface area contributed by atoms with Gasteiger partial charge in [-0.2, -0.15) is 5.10 Å². The fourth-order valence-electron chi connectivity index (χ4n) is 5.30. The maximum Gasteiger partial charge on any atom is 0.257 e. The molecular formula is C23H37N5O3. The Hall–Kier alpha value is -1.93. The van der Waals surface area contributed by atoms with Gasteiger partial charge < -0.3 is 14.5 Å². The molecule has 4 rings (SSSR count). The van der Waals surface area contributed by atoms with Crippen molar-refractivity contribution in [3.8, 4) is 0 Å². The van der Waals surface area contributed by atoms with E-state index in [1.165, 1.54) is 19.3 Å². The Balaban J connectivity index is 1.44. The molecule has 3 heterocycles. The Morgan fingerprint density at radius 2 is 1.84 bits per heavy atom. The van der Waals surface area contributed by atoms with Crippen molar-refractivity contribution in [3.63, 3.8) is 0 Å². The number of morpholine rings is 1. The first-order valence-electron chi connectivity index (χ1n) is 12.0. The van der Waals surface area contributed by atoms with Gasteiger partial charge in [-0.25, -0.2) is 0 Å². The zero-order valence-electron chi connectivity index (χ0n) is 18.9. The van der Waals surface area contributed by atoms with Crippen LogP contribution in [0.25, 0.3) is 0 Å². The van der Waals surface area contributed by atoms with Crippen molar-refractivity contribution in [2.75, 3.05) is 46.4 Å². The molecule has 1 unspecified atom stereocenters. The van der Waals surface area contributed by atoms with Gasteiger partial charge in [0.15, 0.2) is 0 Å². The molecule has 0 bridgehead atoms. The first kappa shape index (κ1) is 22.3. The summed E-state index contributed by atoms with van der Waals surface area (Å²) in [5.41, 5.74) is 1.44. The first-order valence-corrected chi connectivity index (χ1v) is 12.0. The molecule has 172 valence electrons. The van der Waals surface area contributed by atoms with Crippen molar-refractivity contribution in [1.29, 1.82) is 0 Å². The standard InChI is InChI=1S/C23H37N5O3/c1-26(18-7-3-2-4-8-18)23(30)19-17-24-25-22(19)20-9-5-6-11-28(20)21(29)10-12-27-13-15-31-16-14-27/h17-18,20H,2-16H2,1H3,(H,24,25). The molecule has 1 N–H and O–H groups in total. The number of carbonyl (C=O) groups excluding carboxylic acids is 2. The SMILES string of the molecule is CN(C(=O)c1cn[nH]c1C1CCCCN1C(=O)CCN1CCOCC1)C1CCCCC1. The van der Waals surface area contributed by atoms with Crippen LogP contribution in [0.1, 0.15) is 79.9 Å². The molecule has 1 aromatic heterocycles. The van der Waals surface area contributed by atoms with Gasteiger partial charge in [-0.1, -0.05) is 19.3 Å². The first-order chi connectivity index (χ1) is 15.1. The minimum atomic E-state index is -0.0906. The molecule has 2 aliphatic heterocycles. The minimum Gasteiger partial charge on any atom is -0.379 e. The van der Waals surface area contributed by atoms with Crippen molar-refractivity contribution >= 4 is 11.8 Å². The Morgan fingerprint density at radius 1 is 1.10 bits per heavy atom. The second kappa shape index (κ2) is 10.6. The maximum absolute atomic E-state index is 13.3. The summed E-state index contributed by atoms with van der Waals surface area (Å²) in [5.74, 6) is 0.201. The van der Waals surface area contributed by atoms with Crippen LogP contribution < -0.4 is 0 Å². The largest absolute Gasteiger partial charge is 0.379 e. The number of H-pyrrole nitrogens is 1. The monoisotopic (exact) mass is 431 g/mol. The Kier molecular flexibility index (Phi) is 7.61. The van der Waals surface area contributed by atoms with Crippen LogP contribution in [-0.4, -0.2) is 89.2 Å². The number of hydrogen-bond acceptors (Lipinski definition) is 5. The van der Waals surface area contributed by atoms with Crippen molar-refractivity contribution in [3.05, 3.63) is 17.5 Å². The molecule has 1 aliphatic carbocycles. The smallest absolute Gasteiger partial charge is 0.257 e. The molecule has 1 atom stereocenters. The number of carbonyl (C=O) groups is 2. The maximum atomic E-state index is 13.3. The number of hydrogen-bond donors (Lipinski definition) is 1. The number of likely N-dealkylation sites (tertiary alicyclic amines) is 1. The molecule has 8 nitrogen and oxygen atoms in total. The fourth-order valence-corrected chi connectivity index (χ4v) is 5.30. The molecule has 0 radical (unpaired) electrons. The molecular weight excluding hydrogens is 394 g/mol. The lowest BCUT2D eigenvalue weighted by Gasteiger charge is -2.37. The number of amides is 2. The van der Waals surface area contributed by atoms with Crippen LogP contribution in [0.3, 0.4) is 0 Å². The summed E-state index contributed by atoms with van der Waals surface area (Å²) >= 11 is 0. The van der Waals surface area contributed by atoms with Gasteiger partial charge >= 0.3 is 0 Å². The van der Waals surface area contributed by atoms with Gasteiger partial charge in [-0.15, -0.1) is 0 Å². The summed E-state index contributed by atoms with van der Waals surface area (Å²) in [6.07, 6.45) is 10.9. The zero-order valence-corrected chi connectivity index (χ0v) is 18.9. The van der Waals surface area contributed by atoms with Gasteiger partial charge in [-0.3, -0.25) is 19.6 Å². The molecule has 0 spiro atoms. The summed E-state index contributed by atoms with van der Waals surface area (Å²) in [6.45, 7) is 4.79. The zero-order chi connectivity index (χ0) is 21.6. The molecule has 1 saturated carbocycles. The van der Waals surface area contributed by atoms with Gasteiger partial charge in [0.2, 0.25) is 5.91 Å². The highest BCUT2D eigenvalue weighted by molar-refractivity contribution is 5.95. The third-order valence-corrected chi connectivity index (χ3v) is 7.24. The van der Waals surface area contributed by atoms with E-state index in [0.29, 0.717) is 18.0 Å². The van der Waals surface area contributed by atoms with Crippen molar-refractivity contribution in [1.82, 2.24) is 24.9 Å². The van der Waals surface area contributed by atoms with Crippen LogP contribution >= 0.6 is 0 Å². The average molecular weight is 432 g/mol. The van der Waals surface area contributed by atoms with Crippen LogP contribution in [0.5, 0.6) is 0 Å². The highest BCUT2D eigenvalue weighted by Gasteiger charge is 2.34. The molecule has 0 aromatic carbocycles. The lowest BCUT2D eigenvalue weighted by atomic mass is 9.93. The van der Waals surface area contributed by atoms with Gasteiger partial charge in [-0.05, 0) is 32.1 Å². The van der Waals surface area contributed by atoms with E-state index < -0.39 is 0 Å². The molecule has 2 saturated heterocycles. The number of aromatic amines is 1. The van der Waals surface area contributed by atoms with Crippen LogP contribution in [0.15, 0.2) is 6.20 Å². The van der Waals surface area contributed by atoms with E-state index in [-0.39, 0.29) is 17.9 Å². The number of aromatic nitrogens is 2. The van der Waals surface area contributed by atoms with Crippen LogP contribution in [0.4, 0.5) is 0 Å². The number of nitrogens with zero attached hydrogens (tertiary/aromatic N) is 4. The van der Waals surface area contributed by atoms with Crippen LogP contribution in [0, 0.1) is 0 Å². The second-order valence-corrected chi connectivity index (χ2v) is 9.21. The Bertz CT molecular complexity index is 739. The summed E-state index contributed by atoms with van der Waals surface area (Å²) in [5, 5.41) is 7.31. The molecule has 3 fully saturated rings. The minimum absolute atomic E-state index is 0.0296. The van der Waals surface area contributed by atoms with E-state index in [1.54, 1.807) is 6.20 Å². The highest BCUT2D eigenvalue weighted by Crippen LogP contribution is 2.33. The van der Waals surface area contributed by atoms with Crippen LogP contribution in [0.2, 0.25) is 0 Å². The van der Waals surface area contributed by atoms with Gasteiger partial charge in [0.25, 0.3) is 5.91 Å². The topological polar surface area (TPSA) is 81.8 Å². The van der Waals surface area contributed by atoms with Crippen molar-refractivity contribution in [2.24, 2.45) is 0 Å². The number of rotatable bonds is 6. The average Bonchev–Trinajstić information content (AvgIpc) is 3.32. The number of piperidine rings is 1. The van der Waals surface area contributed by atoms with E-state index in [0.717, 1.165) is 77.2 Å². The predicted molar refractivity (Wildman–Crippen MR) is 118 cm³/mol. The van der Waals surface area contributed by atoms with E-state index in [9.17, 15) is 9.59 Å². The van der Waals surface area contributed by atoms with Crippen molar-refractivity contribution < 1.29 is 14.3 Å². The normalized spacial score (nSPS) is 23.6. The van der Waals surface area contributed by atoms with Gasteiger partial charge in [0.05, 0.1) is 36.7 Å². The highest BCUT2D eigenvalue weighted by atomic mass is 16.5. The third-order valence-electron chi connectivity index (χ3n) is 7.24. The fraction of sp³-hybridized carbons (Fsp3) is 0.783. The van der Waals surface area contributed by atoms with Crippen LogP contribution in [-0.2, 0) is 9.53 Å². The Morgan fingerprint density at radius 3 is 2.61 bits per heavy atom. The van der Waals surface area contributed by atoms with E-state index in [1.807, 2.05) is 16.8 Å². The predicted octanol–water partition coefficient (Wildman–Crippen LogP) is 2.59. The lowest BCUT2D eigenvalue weighted by Crippen LogP contribution is -2.43. The van der Waals surface area contributed by atoms with E-state index in [4.69, 9.17) is 4.74 Å². The summed E-state index contributed by atoms with van der Waals surface area (Å²) in [7, 11) is 1.92. The van der Waals surface area contributed by atoms with Crippen molar-refractivity contribution in [2.45, 2.75) is 69.9 Å². The molecule has 1 aromatic rings. The van der Waals surface area contributed by atoms with Gasteiger partial charge in [0.1, 0.15) is 0 Å². The summed E-state index contributed by atoms with van der Waals surface area (Å²) in [6, 6.07) is 0.216. The lowest BCUT2D eigenvalue weighted by molar-refractivity contribution is -0.135. The second-order valence-electron chi connectivity index (χ2n) is 9.21.